The molecule has 230 valence electrons. The number of nitrogens with one attached hydrogen (secondary N) is 2. The van der Waals surface area contributed by atoms with Gasteiger partial charge in [0.25, 0.3) is 0 Å². The Labute approximate surface area is 254 Å². The monoisotopic (exact) mass is 598 g/mol. The summed E-state index contributed by atoms with van der Waals surface area (Å²) in [5, 5.41) is 6.66. The Morgan fingerprint density at radius 2 is 1.69 bits per heavy atom. The molecule has 5 rings (SSSR count). The highest BCUT2D eigenvalue weighted by Gasteiger charge is 2.34. The third-order valence-electron chi connectivity index (χ3n) is 9.27. The van der Waals surface area contributed by atoms with Crippen molar-refractivity contribution in [1.29, 1.82) is 0 Å². The number of urea groups is 1. The first kappa shape index (κ1) is 31.0. The Morgan fingerprint density at radius 3 is 2.38 bits per heavy atom. The number of benzene rings is 1. The molecule has 42 heavy (non-hydrogen) atoms. The van der Waals surface area contributed by atoms with E-state index in [-0.39, 0.29) is 23.7 Å². The lowest BCUT2D eigenvalue weighted by molar-refractivity contribution is 0.0844. The lowest BCUT2D eigenvalue weighted by Crippen LogP contribution is -2.54. The third kappa shape index (κ3) is 8.58. The summed E-state index contributed by atoms with van der Waals surface area (Å²) in [5.41, 5.74) is 1.81. The van der Waals surface area contributed by atoms with E-state index in [0.29, 0.717) is 27.7 Å². The van der Waals surface area contributed by atoms with Crippen LogP contribution in [-0.4, -0.2) is 95.9 Å². The van der Waals surface area contributed by atoms with Crippen molar-refractivity contribution >= 4 is 28.3 Å². The minimum Gasteiger partial charge on any atom is -0.335 e. The second-order valence-electron chi connectivity index (χ2n) is 12.4. The van der Waals surface area contributed by atoms with E-state index in [1.54, 1.807) is 19.1 Å². The molecule has 3 unspecified atom stereocenters. The molecule has 0 aliphatic carbocycles. The molecule has 0 spiro atoms. The number of hydrogen-bond acceptors (Lipinski definition) is 7. The van der Waals surface area contributed by atoms with E-state index in [1.165, 1.54) is 63.5 Å². The van der Waals surface area contributed by atoms with Crippen LogP contribution in [0.1, 0.15) is 72.8 Å². The van der Waals surface area contributed by atoms with Gasteiger partial charge in [0.05, 0.1) is 10.6 Å². The molecule has 10 heteroatoms. The molecule has 2 amide bonds. The number of amides is 2. The Hall–Kier alpha value is -2.40. The maximum Gasteiger partial charge on any atom is 0.321 e. The molecule has 3 aliphatic rings. The van der Waals surface area contributed by atoms with Crippen LogP contribution in [0.3, 0.4) is 0 Å². The number of carbonyl (C=O) groups excluding carboxylic acids is 2. The number of ketones is 1. The van der Waals surface area contributed by atoms with Gasteiger partial charge in [0, 0.05) is 45.2 Å². The Kier molecular flexibility index (Phi) is 11.0. The molecular formula is C32H47FN6O2S. The zero-order chi connectivity index (χ0) is 29.5. The Morgan fingerprint density at radius 1 is 1.00 bits per heavy atom. The van der Waals surface area contributed by atoms with Crippen LogP contribution in [0.2, 0.25) is 0 Å². The standard InChI is InChI=1S/C32H47FN6O2S/c1-23-30(24(2)40)42-32(34-23)36-31(41)35-29-12-17-38(19-18-37-13-6-7-14-37)22-26(29)21-28(39-15-4-3-5-16-39)20-25-8-10-27(33)11-9-25/h8-11,26,28-29H,3-7,12-22H2,1-2H3,(H2,34,35,36,41). The van der Waals surface area contributed by atoms with Crippen LogP contribution < -0.4 is 10.6 Å². The number of Topliss-reactive ketones (excluding diaryl/α,β-unsaturated/α-hetero) is 1. The molecule has 2 N–H and O–H groups in total. The minimum absolute atomic E-state index is 0.0373. The number of nitrogens with zero attached hydrogens (tertiary/aromatic N) is 4. The van der Waals surface area contributed by atoms with Crippen molar-refractivity contribution in [2.75, 3.05) is 57.7 Å². The molecule has 8 nitrogen and oxygen atoms in total. The van der Waals surface area contributed by atoms with Crippen molar-refractivity contribution < 1.29 is 14.0 Å². The van der Waals surface area contributed by atoms with Crippen molar-refractivity contribution in [3.63, 3.8) is 0 Å². The van der Waals surface area contributed by atoms with Gasteiger partial charge in [0.15, 0.2) is 10.9 Å². The van der Waals surface area contributed by atoms with Crippen LogP contribution in [0.25, 0.3) is 0 Å². The number of anilines is 1. The summed E-state index contributed by atoms with van der Waals surface area (Å²) in [7, 11) is 0. The summed E-state index contributed by atoms with van der Waals surface area (Å²) in [5.74, 6) is 0.0568. The highest BCUT2D eigenvalue weighted by atomic mass is 32.1. The quantitative estimate of drug-likeness (QED) is 0.347. The number of carbonyl (C=O) groups is 2. The summed E-state index contributed by atoms with van der Waals surface area (Å²) >= 11 is 1.23. The molecule has 0 bridgehead atoms. The van der Waals surface area contributed by atoms with Gasteiger partial charge < -0.3 is 20.0 Å². The maximum absolute atomic E-state index is 13.7. The van der Waals surface area contributed by atoms with Crippen LogP contribution in [0.5, 0.6) is 0 Å². The Balaban J connectivity index is 1.29. The normalized spacial score (nSPS) is 23.1. The average molecular weight is 599 g/mol. The average Bonchev–Trinajstić information content (AvgIpc) is 3.64. The second kappa shape index (κ2) is 14.9. The fraction of sp³-hybridized carbons (Fsp3) is 0.656. The van der Waals surface area contributed by atoms with E-state index in [0.717, 1.165) is 64.1 Å². The van der Waals surface area contributed by atoms with Crippen LogP contribution in [0, 0.1) is 18.7 Å². The number of halogens is 1. The van der Waals surface area contributed by atoms with Crippen molar-refractivity contribution in [2.24, 2.45) is 5.92 Å². The predicted octanol–water partition coefficient (Wildman–Crippen LogP) is 5.19. The van der Waals surface area contributed by atoms with Crippen LogP contribution >= 0.6 is 11.3 Å². The largest absolute Gasteiger partial charge is 0.335 e. The summed E-state index contributed by atoms with van der Waals surface area (Å²) in [6, 6.07) is 7.10. The molecule has 3 fully saturated rings. The van der Waals surface area contributed by atoms with Gasteiger partial charge in [-0.2, -0.15) is 0 Å². The van der Waals surface area contributed by atoms with Gasteiger partial charge in [-0.25, -0.2) is 14.2 Å². The summed E-state index contributed by atoms with van der Waals surface area (Å²) < 4.78 is 13.7. The number of likely N-dealkylation sites (tertiary alicyclic amines) is 3. The number of hydrogen-bond donors (Lipinski definition) is 2. The third-order valence-corrected chi connectivity index (χ3v) is 10.4. The van der Waals surface area contributed by atoms with Gasteiger partial charge in [-0.15, -0.1) is 0 Å². The minimum atomic E-state index is -0.257. The number of thiazole rings is 1. The molecule has 0 radical (unpaired) electrons. The van der Waals surface area contributed by atoms with Crippen LogP contribution in [0.15, 0.2) is 24.3 Å². The number of aromatic nitrogens is 1. The molecule has 0 saturated carbocycles. The molecule has 2 aromatic rings. The molecule has 1 aromatic heterocycles. The molecule has 4 heterocycles. The first-order chi connectivity index (χ1) is 20.3. The SMILES string of the molecule is CC(=O)c1sc(NC(=O)NC2CCN(CCN3CCCC3)CC2CC(Cc2ccc(F)cc2)N2CCCCC2)nc1C. The number of rotatable bonds is 11. The Bertz CT molecular complexity index is 1180. The summed E-state index contributed by atoms with van der Waals surface area (Å²) in [6.07, 6.45) is 9.08. The predicted molar refractivity (Wildman–Crippen MR) is 167 cm³/mol. The smallest absolute Gasteiger partial charge is 0.321 e. The van der Waals surface area contributed by atoms with Crippen molar-refractivity contribution in [3.05, 3.63) is 46.2 Å². The topological polar surface area (TPSA) is 80.8 Å². The summed E-state index contributed by atoms with van der Waals surface area (Å²) in [6.45, 7) is 12.0. The van der Waals surface area contributed by atoms with Gasteiger partial charge in [-0.05, 0) is 102 Å². The van der Waals surface area contributed by atoms with Crippen LogP contribution in [0.4, 0.5) is 14.3 Å². The maximum atomic E-state index is 13.7. The van der Waals surface area contributed by atoms with E-state index < -0.39 is 0 Å². The van der Waals surface area contributed by atoms with Crippen molar-refractivity contribution in [3.8, 4) is 0 Å². The van der Waals surface area contributed by atoms with E-state index >= 15 is 0 Å². The van der Waals surface area contributed by atoms with Crippen LogP contribution in [-0.2, 0) is 6.42 Å². The highest BCUT2D eigenvalue weighted by molar-refractivity contribution is 7.17. The molecular weight excluding hydrogens is 551 g/mol. The summed E-state index contributed by atoms with van der Waals surface area (Å²) in [4.78, 5) is 37.9. The van der Waals surface area contributed by atoms with E-state index in [4.69, 9.17) is 0 Å². The first-order valence-electron chi connectivity index (χ1n) is 15.8. The number of aryl methyl sites for hydroxylation is 1. The fourth-order valence-electron chi connectivity index (χ4n) is 6.99. The van der Waals surface area contributed by atoms with Crippen molar-refractivity contribution in [1.82, 2.24) is 25.0 Å². The lowest BCUT2D eigenvalue weighted by Gasteiger charge is -2.43. The van der Waals surface area contributed by atoms with Crippen molar-refractivity contribution in [2.45, 2.75) is 77.3 Å². The highest BCUT2D eigenvalue weighted by Crippen LogP contribution is 2.28. The van der Waals surface area contributed by atoms with Gasteiger partial charge in [0.1, 0.15) is 5.82 Å². The van der Waals surface area contributed by atoms with Gasteiger partial charge in [-0.3, -0.25) is 10.1 Å². The van der Waals surface area contributed by atoms with Gasteiger partial charge in [-0.1, -0.05) is 29.9 Å². The zero-order valence-electron chi connectivity index (χ0n) is 25.2. The number of piperidine rings is 2. The second-order valence-corrected chi connectivity index (χ2v) is 13.4. The van der Waals surface area contributed by atoms with E-state index in [1.807, 2.05) is 12.1 Å². The zero-order valence-corrected chi connectivity index (χ0v) is 26.1. The van der Waals surface area contributed by atoms with E-state index in [2.05, 4.69) is 30.3 Å². The first-order valence-corrected chi connectivity index (χ1v) is 16.6. The molecule has 3 aliphatic heterocycles. The molecule has 3 atom stereocenters. The van der Waals surface area contributed by atoms with Gasteiger partial charge in [0.2, 0.25) is 0 Å². The molecule has 3 saturated heterocycles. The molecule has 1 aromatic carbocycles. The fourth-order valence-corrected chi connectivity index (χ4v) is 7.85. The van der Waals surface area contributed by atoms with Gasteiger partial charge >= 0.3 is 6.03 Å². The lowest BCUT2D eigenvalue weighted by atomic mass is 9.84. The van der Waals surface area contributed by atoms with E-state index in [9.17, 15) is 14.0 Å².